The number of rotatable bonds is 6. The summed E-state index contributed by atoms with van der Waals surface area (Å²) in [5.74, 6) is -7.83. The van der Waals surface area contributed by atoms with Gasteiger partial charge in [0.05, 0.1) is 5.97 Å². The quantitative estimate of drug-likeness (QED) is 0.218. The molecule has 0 rings (SSSR count). The Morgan fingerprint density at radius 3 is 0.720 bits per heavy atom. The number of hydrogen-bond acceptors (Lipinski definition) is 7. The molecular formula is C12H11NaO12. The van der Waals surface area contributed by atoms with Crippen LogP contribution in [-0.2, 0) is 28.8 Å². The van der Waals surface area contributed by atoms with Gasteiger partial charge < -0.3 is 35.4 Å². The summed E-state index contributed by atoms with van der Waals surface area (Å²) >= 11 is 0. The molecule has 0 fully saturated rings. The average molecular weight is 370 g/mol. The summed E-state index contributed by atoms with van der Waals surface area (Å²) in [5, 5.41) is 48.5. The largest absolute Gasteiger partial charge is 1.00 e. The van der Waals surface area contributed by atoms with Crippen molar-refractivity contribution in [3.63, 3.8) is 0 Å². The maximum absolute atomic E-state index is 9.55. The standard InChI is InChI=1S/3C4H4O4.Na/c3*5-3(6)1-2-4(7)8;/h3*1-2H,(H,5,6)(H,7,8);/q;;;+1/p-1/b3*2-1+;. The first-order chi connectivity index (χ1) is 10.9. The minimum Gasteiger partial charge on any atom is -0.545 e. The Hall–Kier alpha value is -2.96. The van der Waals surface area contributed by atoms with E-state index in [-0.39, 0.29) is 29.6 Å². The summed E-state index contributed by atoms with van der Waals surface area (Å²) in [4.78, 5) is 57.2. The molecule has 0 radical (unpaired) electrons. The van der Waals surface area contributed by atoms with E-state index in [2.05, 4.69) is 0 Å². The summed E-state index contributed by atoms with van der Waals surface area (Å²) in [5.41, 5.74) is 0. The number of carboxylic acids is 6. The number of carboxylic acid groups (broad SMARTS) is 6. The van der Waals surface area contributed by atoms with Crippen LogP contribution in [-0.4, -0.2) is 61.3 Å². The summed E-state index contributed by atoms with van der Waals surface area (Å²) in [6.07, 6.45) is 3.17. The van der Waals surface area contributed by atoms with Crippen molar-refractivity contribution in [2.45, 2.75) is 0 Å². The van der Waals surface area contributed by atoms with E-state index in [1.807, 2.05) is 0 Å². The second-order valence-corrected chi connectivity index (χ2v) is 3.01. The Kier molecular flexibility index (Phi) is 22.9. The van der Waals surface area contributed by atoms with Crippen molar-refractivity contribution >= 4 is 35.8 Å². The molecule has 25 heavy (non-hydrogen) atoms. The van der Waals surface area contributed by atoms with Crippen LogP contribution in [0.5, 0.6) is 0 Å². The fraction of sp³-hybridized carbons (Fsp3) is 0. The molecule has 0 unspecified atom stereocenters. The first-order valence-corrected chi connectivity index (χ1v) is 5.28. The molecule has 0 aliphatic rings. The molecule has 132 valence electrons. The molecule has 13 heteroatoms. The van der Waals surface area contributed by atoms with Crippen molar-refractivity contribution in [3.05, 3.63) is 36.5 Å². The van der Waals surface area contributed by atoms with Crippen LogP contribution in [0.1, 0.15) is 0 Å². The number of carbonyl (C=O) groups is 6. The van der Waals surface area contributed by atoms with Crippen molar-refractivity contribution in [3.8, 4) is 0 Å². The maximum atomic E-state index is 9.55. The van der Waals surface area contributed by atoms with Gasteiger partial charge in [0.15, 0.2) is 0 Å². The van der Waals surface area contributed by atoms with Crippen LogP contribution in [0.4, 0.5) is 0 Å². The second-order valence-electron chi connectivity index (χ2n) is 3.01. The van der Waals surface area contributed by atoms with Gasteiger partial charge in [-0.25, -0.2) is 24.0 Å². The van der Waals surface area contributed by atoms with Gasteiger partial charge in [0.1, 0.15) is 0 Å². The summed E-state index contributed by atoms with van der Waals surface area (Å²) < 4.78 is 0. The first-order valence-electron chi connectivity index (χ1n) is 5.28. The molecule has 0 atom stereocenters. The molecule has 0 bridgehead atoms. The Balaban J connectivity index is -0.000000130. The molecule has 0 aliphatic carbocycles. The van der Waals surface area contributed by atoms with Crippen molar-refractivity contribution in [1.82, 2.24) is 0 Å². The summed E-state index contributed by atoms with van der Waals surface area (Å²) in [6.45, 7) is 0. The van der Waals surface area contributed by atoms with Gasteiger partial charge in [-0.3, -0.25) is 0 Å². The van der Waals surface area contributed by atoms with Gasteiger partial charge in [-0.2, -0.15) is 0 Å². The molecule has 0 aromatic heterocycles. The van der Waals surface area contributed by atoms with E-state index in [1.165, 1.54) is 0 Å². The number of carbonyl (C=O) groups excluding carboxylic acids is 1. The molecule has 0 spiro atoms. The number of hydrogen-bond donors (Lipinski definition) is 5. The van der Waals surface area contributed by atoms with Crippen molar-refractivity contribution < 1.29 is 89.0 Å². The van der Waals surface area contributed by atoms with Gasteiger partial charge in [0.25, 0.3) is 0 Å². The third kappa shape index (κ3) is 52.6. The van der Waals surface area contributed by atoms with Gasteiger partial charge in [-0.15, -0.1) is 0 Å². The smallest absolute Gasteiger partial charge is 0.545 e. The average Bonchev–Trinajstić information content (AvgIpc) is 2.42. The van der Waals surface area contributed by atoms with Crippen molar-refractivity contribution in [2.75, 3.05) is 0 Å². The third-order valence-corrected chi connectivity index (χ3v) is 1.10. The van der Waals surface area contributed by atoms with Crippen LogP contribution >= 0.6 is 0 Å². The molecule has 0 heterocycles. The zero-order valence-corrected chi connectivity index (χ0v) is 14.6. The van der Waals surface area contributed by atoms with E-state index in [9.17, 15) is 33.9 Å². The van der Waals surface area contributed by atoms with Crippen LogP contribution in [0.25, 0.3) is 0 Å². The van der Waals surface area contributed by atoms with Crippen LogP contribution in [0.2, 0.25) is 0 Å². The maximum Gasteiger partial charge on any atom is 1.00 e. The molecule has 0 aromatic carbocycles. The fourth-order valence-corrected chi connectivity index (χ4v) is 0.424. The van der Waals surface area contributed by atoms with E-state index in [4.69, 9.17) is 25.5 Å². The van der Waals surface area contributed by atoms with Gasteiger partial charge in [-0.1, -0.05) is 0 Å². The summed E-state index contributed by atoms with van der Waals surface area (Å²) in [7, 11) is 0. The Bertz CT molecular complexity index is 444. The minimum atomic E-state index is -1.51. The van der Waals surface area contributed by atoms with Crippen LogP contribution in [0.3, 0.4) is 0 Å². The van der Waals surface area contributed by atoms with Crippen LogP contribution in [0.15, 0.2) is 36.5 Å². The molecule has 5 N–H and O–H groups in total. The Morgan fingerprint density at radius 2 is 0.640 bits per heavy atom. The Labute approximate surface area is 161 Å². The fourth-order valence-electron chi connectivity index (χ4n) is 0.424. The molecule has 12 nitrogen and oxygen atoms in total. The minimum absolute atomic E-state index is 0. The molecule has 0 saturated heterocycles. The van der Waals surface area contributed by atoms with Gasteiger partial charge in [0, 0.05) is 30.4 Å². The predicted molar refractivity (Wildman–Crippen MR) is 70.6 cm³/mol. The zero-order chi connectivity index (χ0) is 19.7. The van der Waals surface area contributed by atoms with Crippen molar-refractivity contribution in [2.24, 2.45) is 0 Å². The predicted octanol–water partition coefficient (Wildman–Crippen LogP) is -5.20. The van der Waals surface area contributed by atoms with Gasteiger partial charge in [0.2, 0.25) is 0 Å². The van der Waals surface area contributed by atoms with Crippen LogP contribution < -0.4 is 34.7 Å². The summed E-state index contributed by atoms with van der Waals surface area (Å²) in [6, 6.07) is 0. The van der Waals surface area contributed by atoms with E-state index >= 15 is 0 Å². The van der Waals surface area contributed by atoms with E-state index < -0.39 is 35.8 Å². The molecule has 0 aliphatic heterocycles. The second kappa shape index (κ2) is 19.1. The monoisotopic (exact) mass is 370 g/mol. The SMILES string of the molecule is O=C(O)/C=C/C(=O)O.O=C(O)/C=C/C(=O)O.O=C([O-])/C=C/C(=O)O.[Na+]. The first kappa shape index (κ1) is 30.0. The van der Waals surface area contributed by atoms with E-state index in [0.29, 0.717) is 36.5 Å². The zero-order valence-electron chi connectivity index (χ0n) is 12.6. The third-order valence-electron chi connectivity index (χ3n) is 1.10. The number of aliphatic carboxylic acids is 6. The van der Waals surface area contributed by atoms with Gasteiger partial charge >= 0.3 is 59.4 Å². The molecule has 0 aromatic rings. The molecular weight excluding hydrogens is 359 g/mol. The normalized spacial score (nSPS) is 9.12. The van der Waals surface area contributed by atoms with Crippen LogP contribution in [0, 0.1) is 0 Å². The molecule has 0 saturated carbocycles. The van der Waals surface area contributed by atoms with E-state index in [1.54, 1.807) is 0 Å². The Morgan fingerprint density at radius 1 is 0.480 bits per heavy atom. The van der Waals surface area contributed by atoms with E-state index in [0.717, 1.165) is 0 Å². The van der Waals surface area contributed by atoms with Gasteiger partial charge in [-0.05, 0) is 6.08 Å². The topological polar surface area (TPSA) is 227 Å². The van der Waals surface area contributed by atoms with Crippen molar-refractivity contribution in [1.29, 1.82) is 0 Å². The molecule has 0 amide bonds.